The van der Waals surface area contributed by atoms with Crippen LogP contribution in [-0.4, -0.2) is 115 Å². The third-order valence-corrected chi connectivity index (χ3v) is 26.4. The molecule has 3 N–H and O–H groups in total. The third kappa shape index (κ3) is 15.3. The molecule has 2 aromatic carbocycles. The Balaban J connectivity index is 0.000000336. The van der Waals surface area contributed by atoms with Gasteiger partial charge < -0.3 is 43.4 Å². The van der Waals surface area contributed by atoms with Gasteiger partial charge in [0.25, 0.3) is 17.4 Å². The van der Waals surface area contributed by atoms with Gasteiger partial charge in [-0.2, -0.15) is 0 Å². The van der Waals surface area contributed by atoms with Crippen LogP contribution in [0.15, 0.2) is 64.3 Å². The first-order chi connectivity index (χ1) is 37.4. The predicted molar refractivity (Wildman–Crippen MR) is 305 cm³/mol. The second kappa shape index (κ2) is 27.9. The number of hydrogen-bond acceptors (Lipinski definition) is 14. The van der Waals surface area contributed by atoms with Crippen molar-refractivity contribution in [1.82, 2.24) is 19.5 Å². The summed E-state index contributed by atoms with van der Waals surface area (Å²) in [6.45, 7) is 18.8. The molecule has 79 heavy (non-hydrogen) atoms. The molecule has 3 heterocycles. The largest absolute Gasteiger partial charge is 0.427 e. The maximum absolute atomic E-state index is 13.9. The normalized spacial score (nSPS) is 20.5. The molecule has 2 saturated carbocycles. The van der Waals surface area contributed by atoms with Gasteiger partial charge in [-0.05, 0) is 82.7 Å². The maximum atomic E-state index is 13.9. The summed E-state index contributed by atoms with van der Waals surface area (Å²) < 4.78 is 34.4. The van der Waals surface area contributed by atoms with E-state index in [0.29, 0.717) is 35.6 Å². The molecule has 20 heteroatoms. The quantitative estimate of drug-likeness (QED) is 0.0372. The number of amides is 3. The van der Waals surface area contributed by atoms with Crippen LogP contribution in [0.5, 0.6) is 0 Å². The van der Waals surface area contributed by atoms with Gasteiger partial charge in [0, 0.05) is 84.0 Å². The lowest BCUT2D eigenvalue weighted by Gasteiger charge is -2.40. The molecular formula is C59H90N4O14Si2. The summed E-state index contributed by atoms with van der Waals surface area (Å²) in [5.41, 5.74) is 1.87. The number of nitrogens with zero attached hydrogens (tertiary/aromatic N) is 3. The van der Waals surface area contributed by atoms with Crippen molar-refractivity contribution in [2.75, 3.05) is 27.4 Å². The molecule has 3 atom stereocenters. The minimum Gasteiger partial charge on any atom is -0.427 e. The van der Waals surface area contributed by atoms with Crippen LogP contribution in [-0.2, 0) is 67.1 Å². The maximum Gasteiger partial charge on any atom is 0.337 e. The van der Waals surface area contributed by atoms with Crippen molar-refractivity contribution in [3.8, 4) is 0 Å². The minimum absolute atomic E-state index is 0.0410. The Morgan fingerprint density at radius 2 is 1.19 bits per heavy atom. The van der Waals surface area contributed by atoms with Gasteiger partial charge in [0.1, 0.15) is 12.3 Å². The standard InChI is InChI=1S/C41H65N3O9Si.C18H25NO5Si/c1-29(2)54(48,30(3)4)33-17-15-32(16-18-33)25-36(45)42-23-14-24-43-38(46)31(5)27-44(39(43)47)37-26-34(53-41(50-7)21-12-9-13-22-41)35(52-37)28-51-40(49-6)19-10-8-11-20-40;1-12(2)25(23,13(3)4)15-7-5-14(6-8-15)11-18(22)24-19-16(20)9-10-17(19)21/h15-18,27,29-30,34-35,37,48H,8-14,19-26,28H2,1-7H3,(H,42,45);5-8,12-13,23H,9-11H2,1-4H3/t34-,35+,37?;/m0./s1. The highest BCUT2D eigenvalue weighted by Gasteiger charge is 2.47. The van der Waals surface area contributed by atoms with Crippen molar-refractivity contribution in [2.45, 2.75) is 224 Å². The first kappa shape index (κ1) is 63.5. The molecule has 1 aromatic heterocycles. The number of methoxy groups -OCH3 is 2. The predicted octanol–water partition coefficient (Wildman–Crippen LogP) is 7.14. The number of hydrogen-bond donors (Lipinski definition) is 3. The molecule has 4 aliphatic rings. The first-order valence-corrected chi connectivity index (χ1v) is 33.0. The highest BCUT2D eigenvalue weighted by atomic mass is 28.4. The molecule has 2 aliphatic carbocycles. The van der Waals surface area contributed by atoms with Crippen LogP contribution < -0.4 is 26.9 Å². The van der Waals surface area contributed by atoms with Crippen molar-refractivity contribution in [3.05, 3.63) is 92.3 Å². The topological polar surface area (TPSA) is 223 Å². The van der Waals surface area contributed by atoms with E-state index in [2.05, 4.69) is 33.0 Å². The summed E-state index contributed by atoms with van der Waals surface area (Å²) in [7, 11) is -1.87. The average Bonchev–Trinajstić information content (AvgIpc) is 4.03. The third-order valence-electron chi connectivity index (χ3n) is 16.9. The molecule has 3 amide bonds. The monoisotopic (exact) mass is 1130 g/mol. The molecule has 0 bridgehead atoms. The fraction of sp³-hybridized carbons (Fsp3) is 0.661. The van der Waals surface area contributed by atoms with Crippen LogP contribution in [0.1, 0.15) is 168 Å². The molecular weight excluding hydrogens is 1040 g/mol. The lowest BCUT2D eigenvalue weighted by Crippen LogP contribution is -2.53. The first-order valence-electron chi connectivity index (χ1n) is 28.8. The van der Waals surface area contributed by atoms with Gasteiger partial charge in [-0.25, -0.2) is 9.59 Å². The number of hydroxylamine groups is 2. The van der Waals surface area contributed by atoms with Crippen molar-refractivity contribution in [1.29, 1.82) is 0 Å². The molecule has 0 radical (unpaired) electrons. The molecule has 2 aliphatic heterocycles. The fourth-order valence-electron chi connectivity index (χ4n) is 11.9. The van der Waals surface area contributed by atoms with Gasteiger partial charge in [0.15, 0.2) is 11.6 Å². The summed E-state index contributed by atoms with van der Waals surface area (Å²) in [5, 5.41) is 5.39. The van der Waals surface area contributed by atoms with Crippen molar-refractivity contribution >= 4 is 50.7 Å². The molecule has 1 unspecified atom stereocenters. The van der Waals surface area contributed by atoms with E-state index in [1.807, 2.05) is 64.1 Å². The Morgan fingerprint density at radius 1 is 0.709 bits per heavy atom. The van der Waals surface area contributed by atoms with Crippen LogP contribution in [0.4, 0.5) is 0 Å². The minimum atomic E-state index is -2.65. The van der Waals surface area contributed by atoms with Gasteiger partial charge in [0.2, 0.25) is 22.5 Å². The van der Waals surface area contributed by atoms with Gasteiger partial charge in [0.05, 0.1) is 25.6 Å². The zero-order valence-electron chi connectivity index (χ0n) is 48.8. The van der Waals surface area contributed by atoms with Crippen molar-refractivity contribution in [2.24, 2.45) is 0 Å². The summed E-state index contributed by atoms with van der Waals surface area (Å²) in [4.78, 5) is 102. The summed E-state index contributed by atoms with van der Waals surface area (Å²) in [5.74, 6) is -3.16. The van der Waals surface area contributed by atoms with E-state index < -0.39 is 70.1 Å². The van der Waals surface area contributed by atoms with Crippen LogP contribution >= 0.6 is 0 Å². The Kier molecular flexibility index (Phi) is 22.4. The molecule has 18 nitrogen and oxygen atoms in total. The SMILES string of the molecule is CC(C)[Si](O)(c1ccc(CC(=O)ON2C(=O)CCC2=O)cc1)C(C)C.COC1(OC[C@H]2OC(n3cc(C)c(=O)n(CCCNC(=O)Cc4ccc([Si](O)(C(C)C)C(C)C)cc4)c3=O)C[C@@H]2OC2(OC)CCCCC2)CCCCC1. The van der Waals surface area contributed by atoms with E-state index in [0.717, 1.165) is 80.1 Å². The van der Waals surface area contributed by atoms with Gasteiger partial charge >= 0.3 is 11.7 Å². The number of benzene rings is 2. The molecule has 0 spiro atoms. The Morgan fingerprint density at radius 3 is 1.67 bits per heavy atom. The number of ether oxygens (including phenoxy) is 5. The molecule has 3 aromatic rings. The number of imide groups is 1. The van der Waals surface area contributed by atoms with E-state index in [1.165, 1.54) is 9.13 Å². The number of aromatic nitrogens is 2. The number of rotatable bonds is 23. The van der Waals surface area contributed by atoms with Gasteiger partial charge in [-0.15, -0.1) is 5.06 Å². The zero-order valence-corrected chi connectivity index (χ0v) is 50.8. The van der Waals surface area contributed by atoms with Gasteiger partial charge in [-0.1, -0.05) is 117 Å². The van der Waals surface area contributed by atoms with Crippen LogP contribution in [0, 0.1) is 6.92 Å². The van der Waals surface area contributed by atoms with E-state index in [9.17, 15) is 38.4 Å². The van der Waals surface area contributed by atoms with Crippen LogP contribution in [0.3, 0.4) is 0 Å². The molecule has 2 saturated heterocycles. The highest BCUT2D eigenvalue weighted by molar-refractivity contribution is 6.88. The lowest BCUT2D eigenvalue weighted by atomic mass is 9.93. The van der Waals surface area contributed by atoms with E-state index in [1.54, 1.807) is 39.5 Å². The number of nitrogens with one attached hydrogen (secondary N) is 1. The molecule has 4 fully saturated rings. The van der Waals surface area contributed by atoms with E-state index in [-0.39, 0.29) is 72.5 Å². The highest BCUT2D eigenvalue weighted by Crippen LogP contribution is 2.41. The molecule has 7 rings (SSSR count). The van der Waals surface area contributed by atoms with Crippen molar-refractivity contribution in [3.63, 3.8) is 0 Å². The lowest BCUT2D eigenvalue weighted by molar-refractivity contribution is -0.282. The Labute approximate surface area is 469 Å². The Hall–Kier alpha value is -4.65. The number of carbonyl (C=O) groups excluding carboxylic acids is 4. The van der Waals surface area contributed by atoms with Crippen LogP contribution in [0.25, 0.3) is 0 Å². The zero-order chi connectivity index (χ0) is 57.9. The van der Waals surface area contributed by atoms with Gasteiger partial charge in [-0.3, -0.25) is 28.3 Å². The molecule has 438 valence electrons. The number of carbonyl (C=O) groups is 4. The second-order valence-electron chi connectivity index (χ2n) is 23.4. The summed E-state index contributed by atoms with van der Waals surface area (Å²) in [6.07, 6.45) is 10.7. The van der Waals surface area contributed by atoms with Crippen molar-refractivity contribution < 1.29 is 57.3 Å². The fourth-order valence-corrected chi connectivity index (χ4v) is 18.6. The van der Waals surface area contributed by atoms with E-state index in [4.69, 9.17) is 28.5 Å². The smallest absolute Gasteiger partial charge is 0.337 e. The second-order valence-corrected chi connectivity index (χ2v) is 32.5. The summed E-state index contributed by atoms with van der Waals surface area (Å²) in [6, 6.07) is 15.0. The summed E-state index contributed by atoms with van der Waals surface area (Å²) >= 11 is 0. The average molecular weight is 1140 g/mol. The number of aryl methyl sites for hydroxylation is 1. The van der Waals surface area contributed by atoms with E-state index >= 15 is 0 Å². The Bertz CT molecular complexity index is 2610. The van der Waals surface area contributed by atoms with Crippen LogP contribution in [0.2, 0.25) is 22.2 Å².